The van der Waals surface area contributed by atoms with Gasteiger partial charge >= 0.3 is 0 Å². The van der Waals surface area contributed by atoms with Gasteiger partial charge in [-0.1, -0.05) is 12.1 Å². The third-order valence-corrected chi connectivity index (χ3v) is 3.53. The van der Waals surface area contributed by atoms with Crippen LogP contribution in [0.15, 0.2) is 24.3 Å². The molecule has 4 heteroatoms. The highest BCUT2D eigenvalue weighted by atomic mass is 16.2. The minimum atomic E-state index is 0.247. The van der Waals surface area contributed by atoms with Crippen LogP contribution in [0, 0.1) is 17.2 Å². The summed E-state index contributed by atoms with van der Waals surface area (Å²) in [5.41, 5.74) is 1.88. The molecule has 4 nitrogen and oxygen atoms in total. The highest BCUT2D eigenvalue weighted by Gasteiger charge is 2.27. The van der Waals surface area contributed by atoms with Crippen LogP contribution in [0.2, 0.25) is 0 Å². The van der Waals surface area contributed by atoms with E-state index in [2.05, 4.69) is 18.0 Å². The number of likely N-dealkylation sites (tertiary alicyclic amines) is 1. The van der Waals surface area contributed by atoms with E-state index < -0.39 is 0 Å². The van der Waals surface area contributed by atoms with Gasteiger partial charge in [-0.15, -0.1) is 0 Å². The van der Waals surface area contributed by atoms with Crippen LogP contribution in [-0.2, 0) is 11.3 Å². The number of benzene rings is 1. The van der Waals surface area contributed by atoms with Gasteiger partial charge in [0.15, 0.2) is 0 Å². The fourth-order valence-corrected chi connectivity index (χ4v) is 2.58. The minimum Gasteiger partial charge on any atom is -0.345 e. The summed E-state index contributed by atoms with van der Waals surface area (Å²) in [5, 5.41) is 8.75. The van der Waals surface area contributed by atoms with E-state index in [0.29, 0.717) is 17.9 Å². The molecule has 1 aromatic carbocycles. The second-order valence-electron chi connectivity index (χ2n) is 5.35. The van der Waals surface area contributed by atoms with E-state index in [0.717, 1.165) is 19.6 Å². The Hall–Kier alpha value is -1.86. The molecule has 0 N–H and O–H groups in total. The van der Waals surface area contributed by atoms with Gasteiger partial charge in [-0.25, -0.2) is 0 Å². The zero-order chi connectivity index (χ0) is 13.8. The lowest BCUT2D eigenvalue weighted by atomic mass is 10.1. The first-order valence-electron chi connectivity index (χ1n) is 6.50. The molecule has 2 rings (SSSR count). The van der Waals surface area contributed by atoms with Crippen molar-refractivity contribution in [3.8, 4) is 6.07 Å². The summed E-state index contributed by atoms with van der Waals surface area (Å²) in [7, 11) is 3.93. The van der Waals surface area contributed by atoms with Crippen molar-refractivity contribution in [3.05, 3.63) is 35.4 Å². The first kappa shape index (κ1) is 13.6. The monoisotopic (exact) mass is 257 g/mol. The Kier molecular flexibility index (Phi) is 4.18. The average Bonchev–Trinajstić information content (AvgIpc) is 2.69. The predicted octanol–water partition coefficient (Wildman–Crippen LogP) is 1.47. The topological polar surface area (TPSA) is 47.3 Å². The van der Waals surface area contributed by atoms with Gasteiger partial charge in [0.05, 0.1) is 11.6 Å². The maximum atomic E-state index is 11.5. The van der Waals surface area contributed by atoms with Crippen LogP contribution in [-0.4, -0.2) is 42.9 Å². The van der Waals surface area contributed by atoms with Crippen molar-refractivity contribution >= 4 is 5.91 Å². The average molecular weight is 257 g/mol. The molecule has 1 fully saturated rings. The molecule has 1 aromatic rings. The van der Waals surface area contributed by atoms with Crippen LogP contribution in [0.5, 0.6) is 0 Å². The molecule has 0 saturated carbocycles. The van der Waals surface area contributed by atoms with Crippen LogP contribution in [0.3, 0.4) is 0 Å². The second-order valence-corrected chi connectivity index (χ2v) is 5.35. The number of rotatable bonds is 4. The molecule has 0 radical (unpaired) electrons. The molecule has 0 unspecified atom stereocenters. The molecule has 0 aromatic heterocycles. The Morgan fingerprint density at radius 3 is 2.63 bits per heavy atom. The van der Waals surface area contributed by atoms with Gasteiger partial charge in [0.2, 0.25) is 5.91 Å². The highest BCUT2D eigenvalue weighted by Crippen LogP contribution is 2.17. The van der Waals surface area contributed by atoms with Gasteiger partial charge in [0, 0.05) is 33.1 Å². The van der Waals surface area contributed by atoms with E-state index in [1.54, 1.807) is 4.90 Å². The summed E-state index contributed by atoms with van der Waals surface area (Å²) >= 11 is 0. The van der Waals surface area contributed by atoms with Crippen molar-refractivity contribution < 1.29 is 4.79 Å². The van der Waals surface area contributed by atoms with Gasteiger partial charge in [-0.05, 0) is 30.7 Å². The van der Waals surface area contributed by atoms with E-state index in [-0.39, 0.29) is 5.91 Å². The molecule has 1 aliphatic heterocycles. The first-order valence-corrected chi connectivity index (χ1v) is 6.50. The van der Waals surface area contributed by atoms with Gasteiger partial charge in [-0.3, -0.25) is 4.79 Å². The van der Waals surface area contributed by atoms with Crippen molar-refractivity contribution in [2.45, 2.75) is 13.0 Å². The summed E-state index contributed by atoms with van der Waals surface area (Å²) in [6.07, 6.45) is 0.661. The lowest BCUT2D eigenvalue weighted by molar-refractivity contribution is -0.126. The lowest BCUT2D eigenvalue weighted by Gasteiger charge is -2.20. The standard InChI is InChI=1S/C15H19N3O/c1-17(10-14-7-15(19)18(2)11-14)9-13-5-3-12(8-16)4-6-13/h3-6,14H,7,9-11H2,1-2H3/t14-/m1/s1. The summed E-state index contributed by atoms with van der Waals surface area (Å²) in [6.45, 7) is 2.63. The number of carbonyl (C=O) groups is 1. The Labute approximate surface area is 114 Å². The van der Waals surface area contributed by atoms with Crippen molar-refractivity contribution in [3.63, 3.8) is 0 Å². The molecular formula is C15H19N3O. The Morgan fingerprint density at radius 2 is 2.11 bits per heavy atom. The number of nitriles is 1. The molecule has 0 bridgehead atoms. The van der Waals surface area contributed by atoms with Crippen molar-refractivity contribution in [1.82, 2.24) is 9.80 Å². The molecule has 1 amide bonds. The van der Waals surface area contributed by atoms with E-state index in [4.69, 9.17) is 5.26 Å². The fourth-order valence-electron chi connectivity index (χ4n) is 2.58. The van der Waals surface area contributed by atoms with Gasteiger partial charge < -0.3 is 9.80 Å². The number of hydrogen-bond donors (Lipinski definition) is 0. The predicted molar refractivity (Wildman–Crippen MR) is 73.2 cm³/mol. The number of amides is 1. The minimum absolute atomic E-state index is 0.247. The summed E-state index contributed by atoms with van der Waals surface area (Å²) < 4.78 is 0. The van der Waals surface area contributed by atoms with Crippen LogP contribution in [0.4, 0.5) is 0 Å². The Balaban J connectivity index is 1.85. The van der Waals surface area contributed by atoms with Crippen molar-refractivity contribution in [2.75, 3.05) is 27.2 Å². The quantitative estimate of drug-likeness (QED) is 0.820. The van der Waals surface area contributed by atoms with E-state index in [1.807, 2.05) is 31.3 Å². The van der Waals surface area contributed by atoms with Gasteiger partial charge in [0.1, 0.15) is 0 Å². The molecule has 1 aliphatic rings. The molecule has 1 atom stereocenters. The van der Waals surface area contributed by atoms with Crippen LogP contribution in [0.25, 0.3) is 0 Å². The maximum absolute atomic E-state index is 11.5. The van der Waals surface area contributed by atoms with Crippen molar-refractivity contribution in [2.24, 2.45) is 5.92 Å². The highest BCUT2D eigenvalue weighted by molar-refractivity contribution is 5.78. The van der Waals surface area contributed by atoms with E-state index >= 15 is 0 Å². The van der Waals surface area contributed by atoms with Crippen LogP contribution >= 0.6 is 0 Å². The molecule has 0 aliphatic carbocycles. The van der Waals surface area contributed by atoms with E-state index in [1.165, 1.54) is 5.56 Å². The Morgan fingerprint density at radius 1 is 1.42 bits per heavy atom. The molecule has 100 valence electrons. The lowest BCUT2D eigenvalue weighted by Crippen LogP contribution is -2.27. The second kappa shape index (κ2) is 5.85. The van der Waals surface area contributed by atoms with Gasteiger partial charge in [0.25, 0.3) is 0 Å². The van der Waals surface area contributed by atoms with Crippen LogP contribution in [0.1, 0.15) is 17.5 Å². The number of nitrogens with zero attached hydrogens (tertiary/aromatic N) is 3. The van der Waals surface area contributed by atoms with Crippen molar-refractivity contribution in [1.29, 1.82) is 5.26 Å². The third-order valence-electron chi connectivity index (χ3n) is 3.53. The largest absolute Gasteiger partial charge is 0.345 e. The van der Waals surface area contributed by atoms with E-state index in [9.17, 15) is 4.79 Å². The molecule has 0 spiro atoms. The smallest absolute Gasteiger partial charge is 0.222 e. The van der Waals surface area contributed by atoms with Gasteiger partial charge in [-0.2, -0.15) is 5.26 Å². The normalized spacial score (nSPS) is 18.9. The number of carbonyl (C=O) groups excluding carboxylic acids is 1. The summed E-state index contributed by atoms with van der Waals surface area (Å²) in [6, 6.07) is 9.78. The molecule has 1 heterocycles. The summed E-state index contributed by atoms with van der Waals surface area (Å²) in [5.74, 6) is 0.678. The fraction of sp³-hybridized carbons (Fsp3) is 0.467. The maximum Gasteiger partial charge on any atom is 0.222 e. The first-order chi connectivity index (χ1) is 9.08. The third kappa shape index (κ3) is 3.55. The number of hydrogen-bond acceptors (Lipinski definition) is 3. The molecule has 19 heavy (non-hydrogen) atoms. The summed E-state index contributed by atoms with van der Waals surface area (Å²) in [4.78, 5) is 15.5. The SMILES string of the molecule is CN(Cc1ccc(C#N)cc1)C[C@H]1CC(=O)N(C)C1. The zero-order valence-electron chi connectivity index (χ0n) is 11.5. The zero-order valence-corrected chi connectivity index (χ0v) is 11.5. The van der Waals surface area contributed by atoms with Crippen LogP contribution < -0.4 is 0 Å². The molecular weight excluding hydrogens is 238 g/mol. The Bertz CT molecular complexity index is 489. The molecule has 1 saturated heterocycles.